The molecule has 3 aromatic rings. The molecule has 8 heteroatoms. The maximum Gasteiger partial charge on any atom is 0.254 e. The third kappa shape index (κ3) is 4.23. The van der Waals surface area contributed by atoms with Gasteiger partial charge in [-0.25, -0.2) is 0 Å². The van der Waals surface area contributed by atoms with Crippen LogP contribution < -0.4 is 0 Å². The summed E-state index contributed by atoms with van der Waals surface area (Å²) in [6.07, 6.45) is 1.98. The van der Waals surface area contributed by atoms with Crippen molar-refractivity contribution in [2.75, 3.05) is 19.6 Å². The molecular formula is C28H29BrN4O3. The predicted molar refractivity (Wildman–Crippen MR) is 142 cm³/mol. The molecule has 7 nitrogen and oxygen atoms in total. The fourth-order valence-electron chi connectivity index (χ4n) is 5.18. The molecule has 0 aliphatic carbocycles. The fraction of sp³-hybridized carbons (Fsp3) is 0.321. The maximum absolute atomic E-state index is 13.7. The zero-order chi connectivity index (χ0) is 25.6. The van der Waals surface area contributed by atoms with Crippen LogP contribution in [0.4, 0.5) is 0 Å². The number of benzene rings is 2. The van der Waals surface area contributed by atoms with Crippen LogP contribution in [0.1, 0.15) is 53.0 Å². The zero-order valence-electron chi connectivity index (χ0n) is 20.4. The van der Waals surface area contributed by atoms with Gasteiger partial charge in [0.05, 0.1) is 28.4 Å². The second kappa shape index (κ2) is 9.58. The van der Waals surface area contributed by atoms with Crippen LogP contribution in [0.3, 0.4) is 0 Å². The summed E-state index contributed by atoms with van der Waals surface area (Å²) in [5.41, 5.74) is 5.80. The van der Waals surface area contributed by atoms with Crippen LogP contribution in [0, 0.1) is 0 Å². The summed E-state index contributed by atoms with van der Waals surface area (Å²) < 4.78 is 2.50. The van der Waals surface area contributed by atoms with Crippen molar-refractivity contribution in [2.24, 2.45) is 0 Å². The average molecular weight is 549 g/mol. The SMILES string of the molecule is C=CC(=O)N1CCn2nc(-c3ccc(C(C)C)cc3)c3c2C(C1)N(C(=O)c1ccc(Br)c(O)c1)CC3. The molecule has 0 spiro atoms. The van der Waals surface area contributed by atoms with Crippen molar-refractivity contribution >= 4 is 27.7 Å². The highest BCUT2D eigenvalue weighted by atomic mass is 79.9. The summed E-state index contributed by atoms with van der Waals surface area (Å²) >= 11 is 3.28. The Kier molecular flexibility index (Phi) is 6.47. The number of phenols is 1. The number of carbonyl (C=O) groups is 2. The molecule has 0 bridgehead atoms. The number of phenolic OH excluding ortho intramolecular Hbond substituents is 1. The molecule has 2 amide bonds. The molecule has 0 fully saturated rings. The van der Waals surface area contributed by atoms with Crippen molar-refractivity contribution in [1.82, 2.24) is 19.6 Å². The quantitative estimate of drug-likeness (QED) is 0.470. The Morgan fingerprint density at radius 2 is 1.89 bits per heavy atom. The van der Waals surface area contributed by atoms with Crippen molar-refractivity contribution in [3.05, 3.63) is 82.0 Å². The first-order valence-corrected chi connectivity index (χ1v) is 13.0. The third-order valence-corrected chi connectivity index (χ3v) is 7.83. The van der Waals surface area contributed by atoms with Crippen LogP contribution in [0.5, 0.6) is 5.75 Å². The van der Waals surface area contributed by atoms with Gasteiger partial charge in [-0.3, -0.25) is 14.3 Å². The molecule has 36 heavy (non-hydrogen) atoms. The molecule has 5 rings (SSSR count). The van der Waals surface area contributed by atoms with Crippen molar-refractivity contribution < 1.29 is 14.7 Å². The van der Waals surface area contributed by atoms with Crippen LogP contribution in [0.15, 0.2) is 59.6 Å². The second-order valence-corrected chi connectivity index (χ2v) is 10.5. The smallest absolute Gasteiger partial charge is 0.254 e. The minimum absolute atomic E-state index is 0.0139. The van der Waals surface area contributed by atoms with E-state index in [1.165, 1.54) is 17.7 Å². The molecule has 1 N–H and O–H groups in total. The van der Waals surface area contributed by atoms with Gasteiger partial charge in [0.1, 0.15) is 5.75 Å². The van der Waals surface area contributed by atoms with Crippen molar-refractivity contribution in [1.29, 1.82) is 0 Å². The van der Waals surface area contributed by atoms with Crippen molar-refractivity contribution in [2.45, 2.75) is 38.8 Å². The highest BCUT2D eigenvalue weighted by Crippen LogP contribution is 2.39. The molecule has 1 unspecified atom stereocenters. The lowest BCUT2D eigenvalue weighted by Crippen LogP contribution is -2.45. The highest BCUT2D eigenvalue weighted by Gasteiger charge is 2.40. The van der Waals surface area contributed by atoms with Gasteiger partial charge in [0.25, 0.3) is 5.91 Å². The van der Waals surface area contributed by atoms with Gasteiger partial charge in [-0.05, 0) is 58.1 Å². The van der Waals surface area contributed by atoms with Crippen LogP contribution in [-0.4, -0.2) is 56.1 Å². The Labute approximate surface area is 219 Å². The van der Waals surface area contributed by atoms with Crippen LogP contribution in [0.25, 0.3) is 11.3 Å². The third-order valence-electron chi connectivity index (χ3n) is 7.15. The standard InChI is InChI=1S/C28H29BrN4O3/c1-4-25(35)31-13-14-33-27-21(26(30-33)19-7-5-18(6-8-19)17(2)3)11-12-32(23(27)16-31)28(36)20-9-10-22(29)24(34)15-20/h4-10,15,17,23,34H,1,11-14,16H2,2-3H3. The van der Waals surface area contributed by atoms with Crippen molar-refractivity contribution in [3.8, 4) is 17.0 Å². The van der Waals surface area contributed by atoms with Gasteiger partial charge in [-0.15, -0.1) is 0 Å². The highest BCUT2D eigenvalue weighted by molar-refractivity contribution is 9.10. The summed E-state index contributed by atoms with van der Waals surface area (Å²) in [6, 6.07) is 13.0. The molecule has 2 aliphatic heterocycles. The first-order chi connectivity index (χ1) is 17.3. The van der Waals surface area contributed by atoms with Crippen LogP contribution in [0.2, 0.25) is 0 Å². The Hall–Kier alpha value is -3.39. The van der Waals surface area contributed by atoms with E-state index in [9.17, 15) is 14.7 Å². The summed E-state index contributed by atoms with van der Waals surface area (Å²) in [4.78, 5) is 29.8. The van der Waals surface area contributed by atoms with E-state index >= 15 is 0 Å². The van der Waals surface area contributed by atoms with Gasteiger partial charge in [0.15, 0.2) is 0 Å². The monoisotopic (exact) mass is 548 g/mol. The number of aromatic hydroxyl groups is 1. The van der Waals surface area contributed by atoms with Crippen molar-refractivity contribution in [3.63, 3.8) is 0 Å². The van der Waals surface area contributed by atoms with Gasteiger partial charge < -0.3 is 14.9 Å². The largest absolute Gasteiger partial charge is 0.507 e. The number of halogens is 1. The first-order valence-electron chi connectivity index (χ1n) is 12.2. The number of hydrogen-bond acceptors (Lipinski definition) is 4. The van der Waals surface area contributed by atoms with E-state index in [-0.39, 0.29) is 23.6 Å². The summed E-state index contributed by atoms with van der Waals surface area (Å²) in [6.45, 7) is 9.89. The Morgan fingerprint density at radius 3 is 2.56 bits per heavy atom. The molecule has 1 aromatic heterocycles. The normalized spacial score (nSPS) is 17.1. The van der Waals surface area contributed by atoms with Gasteiger partial charge in [-0.1, -0.05) is 44.7 Å². The van der Waals surface area contributed by atoms with E-state index < -0.39 is 0 Å². The number of nitrogens with zero attached hydrogens (tertiary/aromatic N) is 4. The minimum Gasteiger partial charge on any atom is -0.507 e. The zero-order valence-corrected chi connectivity index (χ0v) is 22.0. The molecule has 2 aromatic carbocycles. The number of aromatic nitrogens is 2. The predicted octanol–water partition coefficient (Wildman–Crippen LogP) is 4.91. The summed E-state index contributed by atoms with van der Waals surface area (Å²) in [5, 5.41) is 15.2. The van der Waals surface area contributed by atoms with Gasteiger partial charge >= 0.3 is 0 Å². The minimum atomic E-state index is -0.352. The van der Waals surface area contributed by atoms with E-state index in [4.69, 9.17) is 5.10 Å². The lowest BCUT2D eigenvalue weighted by atomic mass is 9.93. The van der Waals surface area contributed by atoms with Crippen LogP contribution >= 0.6 is 15.9 Å². The Balaban J connectivity index is 1.57. The van der Waals surface area contributed by atoms with Gasteiger partial charge in [0.2, 0.25) is 5.91 Å². The first kappa shape index (κ1) is 24.3. The number of hydrogen-bond donors (Lipinski definition) is 1. The molecular weight excluding hydrogens is 520 g/mol. The summed E-state index contributed by atoms with van der Waals surface area (Å²) in [7, 11) is 0. The van der Waals surface area contributed by atoms with Gasteiger partial charge in [-0.2, -0.15) is 5.10 Å². The number of rotatable bonds is 4. The van der Waals surface area contributed by atoms with Crippen LogP contribution in [-0.2, 0) is 17.8 Å². The molecule has 0 saturated heterocycles. The molecule has 0 saturated carbocycles. The molecule has 2 aliphatic rings. The Morgan fingerprint density at radius 1 is 1.14 bits per heavy atom. The van der Waals surface area contributed by atoms with E-state index in [0.717, 1.165) is 22.5 Å². The second-order valence-electron chi connectivity index (χ2n) is 9.63. The van der Waals surface area contributed by atoms with E-state index in [1.54, 1.807) is 17.0 Å². The lowest BCUT2D eigenvalue weighted by Gasteiger charge is -2.37. The molecule has 0 radical (unpaired) electrons. The molecule has 3 heterocycles. The average Bonchev–Trinajstić information content (AvgIpc) is 3.14. The topological polar surface area (TPSA) is 78.7 Å². The van der Waals surface area contributed by atoms with E-state index in [0.29, 0.717) is 48.6 Å². The molecule has 186 valence electrons. The van der Waals surface area contributed by atoms with E-state index in [1.807, 2.05) is 9.58 Å². The molecule has 1 atom stereocenters. The fourth-order valence-corrected chi connectivity index (χ4v) is 5.43. The Bertz CT molecular complexity index is 1350. The van der Waals surface area contributed by atoms with E-state index in [2.05, 4.69) is 60.6 Å². The van der Waals surface area contributed by atoms with Gasteiger partial charge in [0, 0.05) is 36.3 Å². The number of amides is 2. The maximum atomic E-state index is 13.7. The lowest BCUT2D eigenvalue weighted by molar-refractivity contribution is -0.126. The number of carbonyl (C=O) groups excluding carboxylic acids is 2. The summed E-state index contributed by atoms with van der Waals surface area (Å²) in [5.74, 6) is 0.120.